The monoisotopic (exact) mass is 186 g/mol. The molecule has 0 aliphatic rings. The number of rotatable bonds is 1. The Morgan fingerprint density at radius 2 is 2.21 bits per heavy atom. The van der Waals surface area contributed by atoms with Gasteiger partial charge in [0.15, 0.2) is 5.82 Å². The number of hydrogen-bond acceptors (Lipinski definition) is 3. The molecule has 2 aromatic heterocycles. The maximum absolute atomic E-state index is 8.82. The Balaban J connectivity index is 2.69. The van der Waals surface area contributed by atoms with Crippen LogP contribution in [-0.2, 0) is 0 Å². The van der Waals surface area contributed by atoms with E-state index >= 15 is 0 Å². The van der Waals surface area contributed by atoms with Crippen molar-refractivity contribution in [2.24, 2.45) is 0 Å². The summed E-state index contributed by atoms with van der Waals surface area (Å²) in [6.45, 7) is 4.05. The highest BCUT2D eigenvalue weighted by Gasteiger charge is 2.06. The van der Waals surface area contributed by atoms with Crippen LogP contribution in [0.5, 0.6) is 0 Å². The molecule has 2 rings (SSSR count). The minimum absolute atomic E-state index is 0.272. The molecule has 70 valence electrons. The van der Waals surface area contributed by atoms with Crippen molar-refractivity contribution < 1.29 is 0 Å². The van der Waals surface area contributed by atoms with Gasteiger partial charge in [-0.25, -0.2) is 9.50 Å². The van der Waals surface area contributed by atoms with E-state index < -0.39 is 0 Å². The Morgan fingerprint density at radius 3 is 2.86 bits per heavy atom. The first-order valence-electron chi connectivity index (χ1n) is 4.47. The SMILES string of the molecule is CC(C)c1ncc2ccc(C#N)n2n1. The predicted molar refractivity (Wildman–Crippen MR) is 51.8 cm³/mol. The van der Waals surface area contributed by atoms with Crippen molar-refractivity contribution in [3.63, 3.8) is 0 Å². The maximum atomic E-state index is 8.82. The second kappa shape index (κ2) is 3.11. The molecule has 4 nitrogen and oxygen atoms in total. The van der Waals surface area contributed by atoms with E-state index in [2.05, 4.69) is 16.2 Å². The molecule has 0 unspecified atom stereocenters. The van der Waals surface area contributed by atoms with Gasteiger partial charge in [0.05, 0.1) is 11.7 Å². The van der Waals surface area contributed by atoms with Gasteiger partial charge in [0.2, 0.25) is 0 Å². The number of hydrogen-bond donors (Lipinski definition) is 0. The molecular weight excluding hydrogens is 176 g/mol. The Kier molecular flexibility index (Phi) is 1.93. The standard InChI is InChI=1S/C10H10N4/c1-7(2)10-12-6-9-4-3-8(5-11)14(9)13-10/h3-4,6-7H,1-2H3. The summed E-state index contributed by atoms with van der Waals surface area (Å²) in [6.07, 6.45) is 1.74. The van der Waals surface area contributed by atoms with E-state index in [1.807, 2.05) is 19.9 Å². The molecular formula is C10H10N4. The fourth-order valence-corrected chi connectivity index (χ4v) is 1.26. The molecule has 0 atom stereocenters. The van der Waals surface area contributed by atoms with Crippen molar-refractivity contribution in [1.82, 2.24) is 14.6 Å². The maximum Gasteiger partial charge on any atom is 0.151 e. The van der Waals surface area contributed by atoms with E-state index in [9.17, 15) is 0 Å². The molecule has 0 N–H and O–H groups in total. The van der Waals surface area contributed by atoms with E-state index in [-0.39, 0.29) is 5.92 Å². The highest BCUT2D eigenvalue weighted by molar-refractivity contribution is 5.48. The molecule has 4 heteroatoms. The smallest absolute Gasteiger partial charge is 0.151 e. The first kappa shape index (κ1) is 8.70. The zero-order chi connectivity index (χ0) is 10.1. The first-order chi connectivity index (χ1) is 6.72. The lowest BCUT2D eigenvalue weighted by molar-refractivity contribution is 0.717. The molecule has 0 spiro atoms. The van der Waals surface area contributed by atoms with Gasteiger partial charge in [0.1, 0.15) is 11.8 Å². The Morgan fingerprint density at radius 1 is 1.43 bits per heavy atom. The van der Waals surface area contributed by atoms with Gasteiger partial charge in [-0.1, -0.05) is 13.8 Å². The van der Waals surface area contributed by atoms with Crippen LogP contribution >= 0.6 is 0 Å². The largest absolute Gasteiger partial charge is 0.237 e. The summed E-state index contributed by atoms with van der Waals surface area (Å²) < 4.78 is 1.63. The van der Waals surface area contributed by atoms with Crippen LogP contribution in [0.25, 0.3) is 5.52 Å². The van der Waals surface area contributed by atoms with Gasteiger partial charge in [-0.05, 0) is 12.1 Å². The van der Waals surface area contributed by atoms with Crippen molar-refractivity contribution in [3.8, 4) is 6.07 Å². The number of aromatic nitrogens is 3. The zero-order valence-electron chi connectivity index (χ0n) is 8.10. The normalized spacial score (nSPS) is 10.7. The van der Waals surface area contributed by atoms with Crippen LogP contribution in [0.15, 0.2) is 18.3 Å². The van der Waals surface area contributed by atoms with E-state index in [1.54, 1.807) is 16.8 Å². The fourth-order valence-electron chi connectivity index (χ4n) is 1.26. The average molecular weight is 186 g/mol. The molecule has 0 saturated heterocycles. The van der Waals surface area contributed by atoms with Crippen molar-refractivity contribution in [1.29, 1.82) is 5.26 Å². The minimum Gasteiger partial charge on any atom is -0.237 e. The highest BCUT2D eigenvalue weighted by Crippen LogP contribution is 2.11. The fraction of sp³-hybridized carbons (Fsp3) is 0.300. The van der Waals surface area contributed by atoms with E-state index in [0.29, 0.717) is 5.69 Å². The summed E-state index contributed by atoms with van der Waals surface area (Å²) >= 11 is 0. The average Bonchev–Trinajstić information content (AvgIpc) is 2.59. The predicted octanol–water partition coefficient (Wildman–Crippen LogP) is 1.72. The Bertz CT molecular complexity index is 504. The van der Waals surface area contributed by atoms with Gasteiger partial charge >= 0.3 is 0 Å². The first-order valence-corrected chi connectivity index (χ1v) is 4.47. The van der Waals surface area contributed by atoms with Crippen molar-refractivity contribution in [3.05, 3.63) is 29.8 Å². The molecule has 0 saturated carbocycles. The lowest BCUT2D eigenvalue weighted by Gasteiger charge is -2.03. The molecule has 0 aliphatic heterocycles. The number of nitriles is 1. The van der Waals surface area contributed by atoms with E-state index in [1.165, 1.54) is 0 Å². The Hall–Kier alpha value is -1.89. The van der Waals surface area contributed by atoms with Crippen LogP contribution in [-0.4, -0.2) is 14.6 Å². The lowest BCUT2D eigenvalue weighted by atomic mass is 10.2. The second-order valence-corrected chi connectivity index (χ2v) is 3.44. The molecule has 14 heavy (non-hydrogen) atoms. The summed E-state index contributed by atoms with van der Waals surface area (Å²) in [6, 6.07) is 5.67. The van der Waals surface area contributed by atoms with Gasteiger partial charge in [-0.2, -0.15) is 10.4 Å². The molecule has 0 aliphatic carbocycles. The lowest BCUT2D eigenvalue weighted by Crippen LogP contribution is -2.03. The van der Waals surface area contributed by atoms with Crippen molar-refractivity contribution in [2.75, 3.05) is 0 Å². The number of fused-ring (bicyclic) bond motifs is 1. The Labute approximate surface area is 81.8 Å². The summed E-state index contributed by atoms with van der Waals surface area (Å²) in [5.74, 6) is 1.03. The topological polar surface area (TPSA) is 54.0 Å². The molecule has 2 aromatic rings. The summed E-state index contributed by atoms with van der Waals surface area (Å²) in [5.41, 5.74) is 1.40. The number of nitrogens with zero attached hydrogens (tertiary/aromatic N) is 4. The third kappa shape index (κ3) is 1.23. The van der Waals surface area contributed by atoms with E-state index in [0.717, 1.165) is 11.3 Å². The molecule has 0 aromatic carbocycles. The highest BCUT2D eigenvalue weighted by atomic mass is 15.3. The van der Waals surface area contributed by atoms with Gasteiger partial charge in [0.25, 0.3) is 0 Å². The van der Waals surface area contributed by atoms with Crippen LogP contribution in [0, 0.1) is 11.3 Å². The van der Waals surface area contributed by atoms with Crippen LogP contribution in [0.1, 0.15) is 31.3 Å². The second-order valence-electron chi connectivity index (χ2n) is 3.44. The molecule has 0 fully saturated rings. The zero-order valence-corrected chi connectivity index (χ0v) is 8.10. The van der Waals surface area contributed by atoms with Gasteiger partial charge in [-0.3, -0.25) is 0 Å². The van der Waals surface area contributed by atoms with Gasteiger partial charge in [-0.15, -0.1) is 0 Å². The van der Waals surface area contributed by atoms with Gasteiger partial charge in [0, 0.05) is 5.92 Å². The van der Waals surface area contributed by atoms with Crippen LogP contribution in [0.3, 0.4) is 0 Å². The van der Waals surface area contributed by atoms with Crippen LogP contribution in [0.2, 0.25) is 0 Å². The molecule has 0 radical (unpaired) electrons. The van der Waals surface area contributed by atoms with E-state index in [4.69, 9.17) is 5.26 Å². The molecule has 0 amide bonds. The minimum atomic E-state index is 0.272. The summed E-state index contributed by atoms with van der Waals surface area (Å²) in [5, 5.41) is 13.1. The van der Waals surface area contributed by atoms with Crippen molar-refractivity contribution in [2.45, 2.75) is 19.8 Å². The quantitative estimate of drug-likeness (QED) is 0.681. The third-order valence-corrected chi connectivity index (χ3v) is 2.05. The van der Waals surface area contributed by atoms with Gasteiger partial charge < -0.3 is 0 Å². The molecule has 2 heterocycles. The van der Waals surface area contributed by atoms with Crippen LogP contribution < -0.4 is 0 Å². The van der Waals surface area contributed by atoms with Crippen LogP contribution in [0.4, 0.5) is 0 Å². The van der Waals surface area contributed by atoms with Crippen molar-refractivity contribution >= 4 is 5.52 Å². The molecule has 0 bridgehead atoms. The summed E-state index contributed by atoms with van der Waals surface area (Å²) in [4.78, 5) is 4.21. The third-order valence-electron chi connectivity index (χ3n) is 2.05. The summed E-state index contributed by atoms with van der Waals surface area (Å²) in [7, 11) is 0.